The Morgan fingerprint density at radius 3 is 2.57 bits per heavy atom. The van der Waals surface area contributed by atoms with E-state index in [0.29, 0.717) is 16.8 Å². The number of hydrogen-bond acceptors (Lipinski definition) is 5. The van der Waals surface area contributed by atoms with Crippen molar-refractivity contribution in [2.45, 2.75) is 20.8 Å². The smallest absolute Gasteiger partial charge is 0.359 e. The van der Waals surface area contributed by atoms with E-state index in [1.165, 1.54) is 0 Å². The van der Waals surface area contributed by atoms with Gasteiger partial charge in [0.1, 0.15) is 0 Å². The lowest BCUT2D eigenvalue weighted by molar-refractivity contribution is -0.119. The van der Waals surface area contributed by atoms with Crippen molar-refractivity contribution in [1.29, 1.82) is 0 Å². The van der Waals surface area contributed by atoms with Crippen molar-refractivity contribution in [3.8, 4) is 5.69 Å². The SMILES string of the molecule is Cc1ccc(-n2nc(C)c(NC(=O)COC(=O)c3n[nH]c4ccccc34)c2C)cc1. The number of nitrogens with one attached hydrogen (secondary N) is 2. The van der Waals surface area contributed by atoms with E-state index in [2.05, 4.69) is 20.6 Å². The number of carbonyl (C=O) groups excluding carboxylic acids is 2. The predicted octanol–water partition coefficient (Wildman–Crippen LogP) is 3.47. The number of benzene rings is 2. The van der Waals surface area contributed by atoms with Crippen LogP contribution in [0.1, 0.15) is 27.4 Å². The van der Waals surface area contributed by atoms with Gasteiger partial charge in [-0.3, -0.25) is 9.89 Å². The predicted molar refractivity (Wildman–Crippen MR) is 113 cm³/mol. The van der Waals surface area contributed by atoms with Gasteiger partial charge in [0.15, 0.2) is 12.3 Å². The Hall–Kier alpha value is -3.94. The van der Waals surface area contributed by atoms with E-state index in [9.17, 15) is 9.59 Å². The fraction of sp³-hybridized carbons (Fsp3) is 0.182. The number of fused-ring (bicyclic) bond motifs is 1. The number of nitrogens with zero attached hydrogens (tertiary/aromatic N) is 3. The first kappa shape index (κ1) is 19.4. The lowest BCUT2D eigenvalue weighted by Gasteiger charge is -2.08. The lowest BCUT2D eigenvalue weighted by atomic mass is 10.2. The molecule has 0 fully saturated rings. The third-order valence-electron chi connectivity index (χ3n) is 4.83. The summed E-state index contributed by atoms with van der Waals surface area (Å²) in [5.74, 6) is -1.11. The van der Waals surface area contributed by atoms with Gasteiger partial charge >= 0.3 is 5.97 Å². The molecule has 30 heavy (non-hydrogen) atoms. The molecule has 2 aromatic heterocycles. The molecule has 0 saturated heterocycles. The second kappa shape index (κ2) is 7.82. The number of aromatic nitrogens is 4. The quantitative estimate of drug-likeness (QED) is 0.497. The second-order valence-electron chi connectivity index (χ2n) is 7.04. The Kier molecular flexibility index (Phi) is 5.05. The highest BCUT2D eigenvalue weighted by molar-refractivity contribution is 6.03. The van der Waals surface area contributed by atoms with E-state index in [4.69, 9.17) is 4.74 Å². The molecule has 8 nitrogen and oxygen atoms in total. The fourth-order valence-electron chi connectivity index (χ4n) is 3.25. The average Bonchev–Trinajstić information content (AvgIpc) is 3.29. The number of carbonyl (C=O) groups is 2. The van der Waals surface area contributed by atoms with Crippen molar-refractivity contribution < 1.29 is 14.3 Å². The van der Waals surface area contributed by atoms with Crippen molar-refractivity contribution >= 4 is 28.5 Å². The summed E-state index contributed by atoms with van der Waals surface area (Å²) in [5, 5.41) is 14.7. The van der Waals surface area contributed by atoms with E-state index in [1.54, 1.807) is 16.8 Å². The van der Waals surface area contributed by atoms with Gasteiger partial charge in [0.2, 0.25) is 0 Å². The number of anilines is 1. The third kappa shape index (κ3) is 3.67. The molecule has 0 bridgehead atoms. The Labute approximate surface area is 172 Å². The number of para-hydroxylation sites is 1. The minimum atomic E-state index is -0.661. The van der Waals surface area contributed by atoms with E-state index in [0.717, 1.165) is 22.5 Å². The zero-order valence-electron chi connectivity index (χ0n) is 16.9. The maximum atomic E-state index is 12.4. The molecule has 2 heterocycles. The Balaban J connectivity index is 1.44. The average molecular weight is 403 g/mol. The Bertz CT molecular complexity index is 1240. The highest BCUT2D eigenvalue weighted by Gasteiger charge is 2.19. The number of amides is 1. The Morgan fingerprint density at radius 1 is 1.07 bits per heavy atom. The summed E-state index contributed by atoms with van der Waals surface area (Å²) in [4.78, 5) is 24.7. The number of aromatic amines is 1. The van der Waals surface area contributed by atoms with Gasteiger partial charge < -0.3 is 10.1 Å². The summed E-state index contributed by atoms with van der Waals surface area (Å²) in [6.45, 7) is 5.28. The van der Waals surface area contributed by atoms with Crippen molar-refractivity contribution in [2.75, 3.05) is 11.9 Å². The Morgan fingerprint density at radius 2 is 1.80 bits per heavy atom. The largest absolute Gasteiger partial charge is 0.451 e. The molecule has 1 amide bonds. The van der Waals surface area contributed by atoms with Crippen molar-refractivity contribution in [3.05, 3.63) is 71.2 Å². The molecule has 4 aromatic rings. The minimum Gasteiger partial charge on any atom is -0.451 e. The summed E-state index contributed by atoms with van der Waals surface area (Å²) in [7, 11) is 0. The molecule has 152 valence electrons. The highest BCUT2D eigenvalue weighted by atomic mass is 16.5. The molecule has 0 aliphatic rings. The van der Waals surface area contributed by atoms with Crippen molar-refractivity contribution in [2.24, 2.45) is 0 Å². The van der Waals surface area contributed by atoms with Crippen molar-refractivity contribution in [3.63, 3.8) is 0 Å². The van der Waals surface area contributed by atoms with Crippen LogP contribution in [-0.2, 0) is 9.53 Å². The van der Waals surface area contributed by atoms with Gasteiger partial charge in [-0.05, 0) is 39.0 Å². The molecule has 0 radical (unpaired) electrons. The van der Waals surface area contributed by atoms with E-state index in [1.807, 2.05) is 57.2 Å². The van der Waals surface area contributed by atoms with Crippen LogP contribution in [0.15, 0.2) is 48.5 Å². The van der Waals surface area contributed by atoms with Crippen LogP contribution in [0.2, 0.25) is 0 Å². The molecule has 2 N–H and O–H groups in total. The molecule has 8 heteroatoms. The molecule has 2 aromatic carbocycles. The van der Waals surface area contributed by atoms with E-state index < -0.39 is 18.5 Å². The number of H-pyrrole nitrogens is 1. The molecule has 0 unspecified atom stereocenters. The molecule has 0 spiro atoms. The maximum absolute atomic E-state index is 12.4. The highest BCUT2D eigenvalue weighted by Crippen LogP contribution is 2.23. The number of esters is 1. The van der Waals surface area contributed by atoms with Gasteiger partial charge in [0.05, 0.1) is 28.3 Å². The molecule has 0 aliphatic heterocycles. The minimum absolute atomic E-state index is 0.151. The number of hydrogen-bond donors (Lipinski definition) is 2. The standard InChI is InChI=1S/C22H21N5O3/c1-13-8-10-16(11-9-13)27-15(3)20(14(2)26-27)23-19(28)12-30-22(29)21-17-6-4-5-7-18(17)24-25-21/h4-11H,12H2,1-3H3,(H,23,28)(H,24,25). The fourth-order valence-corrected chi connectivity index (χ4v) is 3.25. The van der Waals surface area contributed by atoms with E-state index >= 15 is 0 Å². The topological polar surface area (TPSA) is 102 Å². The molecule has 0 aliphatic carbocycles. The van der Waals surface area contributed by atoms with E-state index in [-0.39, 0.29) is 5.69 Å². The second-order valence-corrected chi connectivity index (χ2v) is 7.04. The van der Waals surface area contributed by atoms with Gasteiger partial charge in [-0.15, -0.1) is 0 Å². The number of aryl methyl sites for hydroxylation is 2. The number of ether oxygens (including phenoxy) is 1. The van der Waals surface area contributed by atoms with Crippen molar-refractivity contribution in [1.82, 2.24) is 20.0 Å². The van der Waals surface area contributed by atoms with Crippen LogP contribution >= 0.6 is 0 Å². The van der Waals surface area contributed by atoms with Crippen LogP contribution < -0.4 is 5.32 Å². The maximum Gasteiger partial charge on any atom is 0.359 e. The van der Waals surface area contributed by atoms with Gasteiger partial charge in [0.25, 0.3) is 5.91 Å². The summed E-state index contributed by atoms with van der Waals surface area (Å²) in [6, 6.07) is 15.2. The summed E-state index contributed by atoms with van der Waals surface area (Å²) >= 11 is 0. The first-order valence-corrected chi connectivity index (χ1v) is 9.47. The summed E-state index contributed by atoms with van der Waals surface area (Å²) < 4.78 is 6.92. The zero-order chi connectivity index (χ0) is 21.3. The molecule has 4 rings (SSSR count). The lowest BCUT2D eigenvalue weighted by Crippen LogP contribution is -2.21. The normalized spacial score (nSPS) is 10.9. The molecular weight excluding hydrogens is 382 g/mol. The molecule has 0 saturated carbocycles. The van der Waals surface area contributed by atoms with Gasteiger partial charge in [-0.1, -0.05) is 35.9 Å². The summed E-state index contributed by atoms with van der Waals surface area (Å²) in [5.41, 5.74) is 4.99. The first-order valence-electron chi connectivity index (χ1n) is 9.47. The summed E-state index contributed by atoms with van der Waals surface area (Å²) in [6.07, 6.45) is 0. The van der Waals surface area contributed by atoms with Crippen LogP contribution in [-0.4, -0.2) is 38.5 Å². The van der Waals surface area contributed by atoms with Crippen LogP contribution in [0.25, 0.3) is 16.6 Å². The van der Waals surface area contributed by atoms with Crippen LogP contribution in [0.5, 0.6) is 0 Å². The third-order valence-corrected chi connectivity index (χ3v) is 4.83. The monoisotopic (exact) mass is 403 g/mol. The number of rotatable bonds is 5. The molecule has 0 atom stereocenters. The molecular formula is C22H21N5O3. The van der Waals surface area contributed by atoms with Crippen LogP contribution in [0, 0.1) is 20.8 Å². The van der Waals surface area contributed by atoms with Gasteiger partial charge in [-0.2, -0.15) is 10.2 Å². The first-order chi connectivity index (χ1) is 14.4. The zero-order valence-corrected chi connectivity index (χ0v) is 16.9. The van der Waals surface area contributed by atoms with Crippen LogP contribution in [0.3, 0.4) is 0 Å². The van der Waals surface area contributed by atoms with Gasteiger partial charge in [0, 0.05) is 5.39 Å². The van der Waals surface area contributed by atoms with Crippen LogP contribution in [0.4, 0.5) is 5.69 Å². The van der Waals surface area contributed by atoms with Gasteiger partial charge in [-0.25, -0.2) is 9.48 Å².